The summed E-state index contributed by atoms with van der Waals surface area (Å²) >= 11 is 0. The van der Waals surface area contributed by atoms with E-state index in [0.717, 1.165) is 51.8 Å². The lowest BCUT2D eigenvalue weighted by molar-refractivity contribution is 0.242. The summed E-state index contributed by atoms with van der Waals surface area (Å²) in [5.74, 6) is 0. The normalized spacial score (nSPS) is 10.9. The maximum absolute atomic E-state index is 9.87. The summed E-state index contributed by atoms with van der Waals surface area (Å²) < 4.78 is 2.03. The van der Waals surface area contributed by atoms with Gasteiger partial charge in [-0.1, -0.05) is 60.7 Å². The van der Waals surface area contributed by atoms with Crippen LogP contribution in [0.5, 0.6) is 0 Å². The van der Waals surface area contributed by atoms with E-state index >= 15 is 0 Å². The van der Waals surface area contributed by atoms with Crippen molar-refractivity contribution in [3.8, 4) is 23.3 Å². The van der Waals surface area contributed by atoms with Gasteiger partial charge in [0.2, 0.25) is 0 Å². The van der Waals surface area contributed by atoms with Crippen molar-refractivity contribution < 1.29 is 0 Å². The van der Waals surface area contributed by atoms with E-state index in [2.05, 4.69) is 52.4 Å². The van der Waals surface area contributed by atoms with Crippen LogP contribution < -0.4 is 0 Å². The second-order valence-electron chi connectivity index (χ2n) is 8.97. The number of nitrogens with zero attached hydrogens (tertiary/aromatic N) is 5. The Balaban J connectivity index is 1.50. The van der Waals surface area contributed by atoms with E-state index in [0.29, 0.717) is 17.7 Å². The Morgan fingerprint density at radius 2 is 1.53 bits per heavy atom. The molecule has 0 aliphatic rings. The molecule has 36 heavy (non-hydrogen) atoms. The van der Waals surface area contributed by atoms with Crippen LogP contribution in [-0.2, 0) is 26.7 Å². The van der Waals surface area contributed by atoms with Crippen molar-refractivity contribution in [1.82, 2.24) is 14.5 Å². The largest absolute Gasteiger partial charge is 0.337 e. The first-order valence-corrected chi connectivity index (χ1v) is 11.8. The number of imidazole rings is 1. The molecule has 0 aliphatic carbocycles. The highest BCUT2D eigenvalue weighted by molar-refractivity contribution is 5.97. The number of aryl methyl sites for hydroxylation is 1. The van der Waals surface area contributed by atoms with Crippen molar-refractivity contribution in [3.05, 3.63) is 125 Å². The average Bonchev–Trinajstić information content (AvgIpc) is 3.32. The molecule has 5 aromatic rings. The fourth-order valence-corrected chi connectivity index (χ4v) is 4.61. The van der Waals surface area contributed by atoms with Crippen molar-refractivity contribution in [2.45, 2.75) is 19.6 Å². The van der Waals surface area contributed by atoms with E-state index in [1.165, 1.54) is 0 Å². The molecule has 5 rings (SSSR count). The maximum Gasteiger partial charge on any atom is 0.0998 e. The van der Waals surface area contributed by atoms with Gasteiger partial charge in [0.15, 0.2) is 0 Å². The van der Waals surface area contributed by atoms with Crippen LogP contribution in [0.4, 0.5) is 0 Å². The molecular weight excluding hydrogens is 442 g/mol. The molecule has 174 valence electrons. The molecule has 1 aromatic heterocycles. The molecule has 5 heteroatoms. The van der Waals surface area contributed by atoms with Crippen LogP contribution in [0.2, 0.25) is 0 Å². The predicted molar refractivity (Wildman–Crippen MR) is 141 cm³/mol. The predicted octanol–water partition coefficient (Wildman–Crippen LogP) is 6.19. The molecule has 0 bridgehead atoms. The highest BCUT2D eigenvalue weighted by Crippen LogP contribution is 2.32. The highest BCUT2D eigenvalue weighted by Gasteiger charge is 2.14. The molecule has 0 spiro atoms. The molecule has 0 unspecified atom stereocenters. The minimum Gasteiger partial charge on any atom is -0.337 e. The van der Waals surface area contributed by atoms with Gasteiger partial charge in [0.25, 0.3) is 0 Å². The summed E-state index contributed by atoms with van der Waals surface area (Å²) in [5.41, 5.74) is 6.73. The fraction of sp³-hybridized carbons (Fsp3) is 0.129. The first-order valence-electron chi connectivity index (χ1n) is 11.8. The summed E-state index contributed by atoms with van der Waals surface area (Å²) in [6.07, 6.45) is 3.71. The molecule has 0 fully saturated rings. The van der Waals surface area contributed by atoms with E-state index in [1.807, 2.05) is 78.7 Å². The fourth-order valence-electron chi connectivity index (χ4n) is 4.61. The van der Waals surface area contributed by atoms with Crippen molar-refractivity contribution in [2.75, 3.05) is 0 Å². The molecular formula is C31H25N5. The third-order valence-corrected chi connectivity index (χ3v) is 6.48. The first-order chi connectivity index (χ1) is 17.6. The van der Waals surface area contributed by atoms with Gasteiger partial charge in [-0.2, -0.15) is 10.5 Å². The van der Waals surface area contributed by atoms with Gasteiger partial charge in [-0.15, -0.1) is 0 Å². The molecule has 0 radical (unpaired) electrons. The minimum absolute atomic E-state index is 0.656. The highest BCUT2D eigenvalue weighted by atomic mass is 15.1. The lowest BCUT2D eigenvalue weighted by atomic mass is 9.93. The lowest BCUT2D eigenvalue weighted by Gasteiger charge is -2.23. The first kappa shape index (κ1) is 23.1. The third-order valence-electron chi connectivity index (χ3n) is 6.48. The second-order valence-corrected chi connectivity index (χ2v) is 8.97. The summed E-state index contributed by atoms with van der Waals surface area (Å²) in [6.45, 7) is 2.15. The number of rotatable bonds is 7. The molecule has 0 saturated carbocycles. The summed E-state index contributed by atoms with van der Waals surface area (Å²) in [7, 11) is 2.00. The van der Waals surface area contributed by atoms with Crippen LogP contribution >= 0.6 is 0 Å². The SMILES string of the molecule is Cn1cncc1CN(Cc1ccc(C#N)cc1)Cc1ccc(C#N)c(-c2cccc3ccccc23)c1. The van der Waals surface area contributed by atoms with E-state index < -0.39 is 0 Å². The van der Waals surface area contributed by atoms with Gasteiger partial charge < -0.3 is 4.57 Å². The third kappa shape index (κ3) is 4.88. The zero-order valence-electron chi connectivity index (χ0n) is 20.1. The van der Waals surface area contributed by atoms with Gasteiger partial charge in [-0.3, -0.25) is 4.90 Å². The Bertz CT molecular complexity index is 1590. The van der Waals surface area contributed by atoms with Crippen LogP contribution in [0.1, 0.15) is 27.9 Å². The molecule has 0 amide bonds. The Labute approximate surface area is 211 Å². The number of hydrogen-bond donors (Lipinski definition) is 0. The second kappa shape index (κ2) is 10.3. The quantitative estimate of drug-likeness (QED) is 0.286. The zero-order valence-corrected chi connectivity index (χ0v) is 20.1. The van der Waals surface area contributed by atoms with Crippen LogP contribution in [0.15, 0.2) is 97.5 Å². The maximum atomic E-state index is 9.87. The molecule has 1 heterocycles. The van der Waals surface area contributed by atoms with Gasteiger partial charge >= 0.3 is 0 Å². The molecule has 0 N–H and O–H groups in total. The van der Waals surface area contributed by atoms with Crippen molar-refractivity contribution in [3.63, 3.8) is 0 Å². The van der Waals surface area contributed by atoms with E-state index in [4.69, 9.17) is 5.26 Å². The summed E-state index contributed by atoms with van der Waals surface area (Å²) in [6, 6.07) is 32.9. The number of aromatic nitrogens is 2. The van der Waals surface area contributed by atoms with E-state index in [-0.39, 0.29) is 0 Å². The van der Waals surface area contributed by atoms with Crippen LogP contribution in [0, 0.1) is 22.7 Å². The summed E-state index contributed by atoms with van der Waals surface area (Å²) in [4.78, 5) is 6.63. The smallest absolute Gasteiger partial charge is 0.0998 e. The Morgan fingerprint density at radius 1 is 0.778 bits per heavy atom. The van der Waals surface area contributed by atoms with Crippen LogP contribution in [0.3, 0.4) is 0 Å². The van der Waals surface area contributed by atoms with Gasteiger partial charge in [-0.25, -0.2) is 4.98 Å². The number of fused-ring (bicyclic) bond motifs is 1. The zero-order chi connectivity index (χ0) is 24.9. The van der Waals surface area contributed by atoms with Gasteiger partial charge in [0.05, 0.1) is 35.3 Å². The van der Waals surface area contributed by atoms with Gasteiger partial charge in [0.1, 0.15) is 0 Å². The van der Waals surface area contributed by atoms with Crippen LogP contribution in [0.25, 0.3) is 21.9 Å². The van der Waals surface area contributed by atoms with Gasteiger partial charge in [0, 0.05) is 38.4 Å². The Kier molecular flexibility index (Phi) is 6.58. The molecule has 0 atom stereocenters. The lowest BCUT2D eigenvalue weighted by Crippen LogP contribution is -2.23. The van der Waals surface area contributed by atoms with E-state index in [1.54, 1.807) is 0 Å². The standard InChI is InChI=1S/C31H25N5/c1-35-22-34-18-28(35)21-36(19-24-11-9-23(16-32)10-12-24)20-25-13-14-27(17-33)31(15-25)30-8-4-6-26-5-2-3-7-29(26)30/h2-15,18,22H,19-21H2,1H3. The molecule has 0 aliphatic heterocycles. The molecule has 0 saturated heterocycles. The minimum atomic E-state index is 0.656. The van der Waals surface area contributed by atoms with Crippen molar-refractivity contribution in [1.29, 1.82) is 10.5 Å². The number of nitriles is 2. The van der Waals surface area contributed by atoms with Crippen LogP contribution in [-0.4, -0.2) is 14.5 Å². The number of benzene rings is 4. The van der Waals surface area contributed by atoms with E-state index in [9.17, 15) is 5.26 Å². The topological polar surface area (TPSA) is 68.6 Å². The Morgan fingerprint density at radius 3 is 2.28 bits per heavy atom. The summed E-state index contributed by atoms with van der Waals surface area (Å²) in [5, 5.41) is 21.3. The Hall–Kier alpha value is -4.71. The molecule has 5 nitrogen and oxygen atoms in total. The van der Waals surface area contributed by atoms with Crippen molar-refractivity contribution >= 4 is 10.8 Å². The van der Waals surface area contributed by atoms with Gasteiger partial charge in [-0.05, 0) is 51.7 Å². The van der Waals surface area contributed by atoms with Crippen molar-refractivity contribution in [2.24, 2.45) is 7.05 Å². The number of hydrogen-bond acceptors (Lipinski definition) is 4. The molecule has 4 aromatic carbocycles. The monoisotopic (exact) mass is 467 g/mol. The average molecular weight is 468 g/mol.